The Morgan fingerprint density at radius 1 is 1.23 bits per heavy atom. The Hall–Kier alpha value is -1.86. The number of esters is 1. The first-order valence-corrected chi connectivity index (χ1v) is 12.7. The van der Waals surface area contributed by atoms with E-state index in [0.29, 0.717) is 24.8 Å². The molecule has 8 unspecified atom stereocenters. The average molecular weight is 491 g/mol. The zero-order chi connectivity index (χ0) is 26.2. The van der Waals surface area contributed by atoms with Crippen LogP contribution in [0.4, 0.5) is 4.39 Å². The number of aliphatic hydroxyl groups is 2. The molecule has 0 saturated heterocycles. The summed E-state index contributed by atoms with van der Waals surface area (Å²) in [6, 6.07) is 0. The van der Waals surface area contributed by atoms with Crippen LogP contribution < -0.4 is 0 Å². The van der Waals surface area contributed by atoms with E-state index >= 15 is 4.39 Å². The van der Waals surface area contributed by atoms with E-state index in [-0.39, 0.29) is 30.0 Å². The van der Waals surface area contributed by atoms with E-state index in [2.05, 4.69) is 0 Å². The number of carbonyl (C=O) groups excluding carboxylic acids is 3. The number of carbonyl (C=O) groups is 3. The van der Waals surface area contributed by atoms with Crippen molar-refractivity contribution in [3.05, 3.63) is 23.8 Å². The first-order chi connectivity index (χ1) is 16.0. The molecule has 0 bridgehead atoms. The van der Waals surface area contributed by atoms with Gasteiger partial charge in [-0.2, -0.15) is 0 Å². The van der Waals surface area contributed by atoms with Gasteiger partial charge in [-0.1, -0.05) is 46.3 Å². The number of fused-ring (bicyclic) bond motifs is 5. The van der Waals surface area contributed by atoms with Gasteiger partial charge in [0.25, 0.3) is 0 Å². The lowest BCUT2D eigenvalue weighted by Gasteiger charge is -2.62. The first-order valence-electron chi connectivity index (χ1n) is 12.7. The van der Waals surface area contributed by atoms with Crippen molar-refractivity contribution in [2.24, 2.45) is 34.0 Å². The Labute approximate surface area is 207 Å². The Kier molecular flexibility index (Phi) is 6.04. The van der Waals surface area contributed by atoms with E-state index in [9.17, 15) is 24.6 Å². The average Bonchev–Trinajstić information content (AvgIpc) is 2.94. The number of Topliss-reactive ketones (excluding diaryl/α,β-unsaturated/α-hetero) is 1. The summed E-state index contributed by atoms with van der Waals surface area (Å²) in [5.74, 6) is -2.72. The van der Waals surface area contributed by atoms with Crippen LogP contribution in [0.3, 0.4) is 0 Å². The fourth-order valence-corrected chi connectivity index (χ4v) is 7.88. The zero-order valence-electron chi connectivity index (χ0n) is 21.7. The first kappa shape index (κ1) is 26.2. The molecular weight excluding hydrogens is 451 g/mol. The van der Waals surface area contributed by atoms with Crippen LogP contribution in [0.1, 0.15) is 73.6 Å². The van der Waals surface area contributed by atoms with Crippen LogP contribution in [0.25, 0.3) is 0 Å². The number of ketones is 2. The summed E-state index contributed by atoms with van der Waals surface area (Å²) in [4.78, 5) is 37.6. The van der Waals surface area contributed by atoms with Crippen molar-refractivity contribution >= 4 is 17.5 Å². The van der Waals surface area contributed by atoms with Gasteiger partial charge in [-0.05, 0) is 62.0 Å². The molecule has 0 amide bonds. The van der Waals surface area contributed by atoms with Crippen LogP contribution >= 0.6 is 0 Å². The molecule has 0 aliphatic heterocycles. The molecule has 4 aliphatic carbocycles. The van der Waals surface area contributed by atoms with Gasteiger partial charge in [0.05, 0.1) is 12.5 Å². The van der Waals surface area contributed by atoms with Gasteiger partial charge in [0.15, 0.2) is 18.1 Å². The second-order valence-corrected chi connectivity index (χ2v) is 13.0. The zero-order valence-corrected chi connectivity index (χ0v) is 21.7. The summed E-state index contributed by atoms with van der Waals surface area (Å²) in [6.45, 7) is 10.4. The third kappa shape index (κ3) is 3.59. The molecule has 4 aliphatic rings. The number of allylic oxidation sites excluding steroid dienone is 4. The molecule has 35 heavy (non-hydrogen) atoms. The SMILES string of the molecule is CC1CC2C3CCC4=CC(=O)C=CC4(C)C3(F)C(O)CC2(C)C1(O)C(=O)COC(=O)CC(C)(C)C. The molecule has 0 aromatic carbocycles. The summed E-state index contributed by atoms with van der Waals surface area (Å²) in [5, 5.41) is 23.3. The van der Waals surface area contributed by atoms with Crippen molar-refractivity contribution < 1.29 is 33.7 Å². The van der Waals surface area contributed by atoms with E-state index in [1.807, 2.05) is 20.8 Å². The highest BCUT2D eigenvalue weighted by atomic mass is 19.1. The van der Waals surface area contributed by atoms with Crippen molar-refractivity contribution in [1.29, 1.82) is 0 Å². The van der Waals surface area contributed by atoms with E-state index in [1.54, 1.807) is 26.8 Å². The highest BCUT2D eigenvalue weighted by Gasteiger charge is 2.75. The molecule has 6 nitrogen and oxygen atoms in total. The van der Waals surface area contributed by atoms with Crippen LogP contribution in [0.15, 0.2) is 23.8 Å². The largest absolute Gasteiger partial charge is 0.458 e. The second-order valence-electron chi connectivity index (χ2n) is 13.0. The normalized spacial score (nSPS) is 44.7. The predicted molar refractivity (Wildman–Crippen MR) is 128 cm³/mol. The van der Waals surface area contributed by atoms with E-state index < -0.39 is 58.4 Å². The standard InChI is InChI=1S/C28H39FO6/c1-16-11-20-19-8-7-17-12-18(30)9-10-25(17,5)27(19,29)21(31)13-26(20,6)28(16,34)22(32)15-35-23(33)14-24(2,3)4/h9-10,12,16,19-21,31,34H,7-8,11,13-15H2,1-6H3. The molecule has 2 N–H and O–H groups in total. The minimum Gasteiger partial charge on any atom is -0.458 e. The third-order valence-corrected chi connectivity index (χ3v) is 9.69. The molecule has 7 heteroatoms. The number of ether oxygens (including phenoxy) is 1. The van der Waals surface area contributed by atoms with Crippen LogP contribution in [-0.4, -0.2) is 51.7 Å². The summed E-state index contributed by atoms with van der Waals surface area (Å²) in [7, 11) is 0. The number of hydrogen-bond donors (Lipinski definition) is 2. The Balaban J connectivity index is 1.64. The number of alkyl halides is 1. The second kappa shape index (κ2) is 8.07. The summed E-state index contributed by atoms with van der Waals surface area (Å²) < 4.78 is 22.4. The van der Waals surface area contributed by atoms with Crippen molar-refractivity contribution in [2.75, 3.05) is 6.61 Å². The highest BCUT2D eigenvalue weighted by Crippen LogP contribution is 2.70. The lowest BCUT2D eigenvalue weighted by molar-refractivity contribution is -0.220. The smallest absolute Gasteiger partial charge is 0.306 e. The maximum absolute atomic E-state index is 17.2. The van der Waals surface area contributed by atoms with Gasteiger partial charge in [0, 0.05) is 16.7 Å². The number of aliphatic hydroxyl groups excluding tert-OH is 1. The van der Waals surface area contributed by atoms with Gasteiger partial charge in [-0.25, -0.2) is 4.39 Å². The lowest BCUT2D eigenvalue weighted by Crippen LogP contribution is -2.69. The fraction of sp³-hybridized carbons (Fsp3) is 0.750. The maximum atomic E-state index is 17.2. The molecular formula is C28H39FO6. The van der Waals surface area contributed by atoms with Gasteiger partial charge < -0.3 is 14.9 Å². The van der Waals surface area contributed by atoms with Gasteiger partial charge in [0.2, 0.25) is 5.78 Å². The van der Waals surface area contributed by atoms with Gasteiger partial charge in [0.1, 0.15) is 5.60 Å². The topological polar surface area (TPSA) is 101 Å². The molecule has 8 atom stereocenters. The third-order valence-electron chi connectivity index (χ3n) is 9.69. The van der Waals surface area contributed by atoms with Gasteiger partial charge in [-0.3, -0.25) is 14.4 Å². The number of halogens is 1. The van der Waals surface area contributed by atoms with Gasteiger partial charge in [-0.15, -0.1) is 0 Å². The van der Waals surface area contributed by atoms with Crippen LogP contribution in [0, 0.1) is 34.0 Å². The summed E-state index contributed by atoms with van der Waals surface area (Å²) >= 11 is 0. The quantitative estimate of drug-likeness (QED) is 0.580. The monoisotopic (exact) mass is 490 g/mol. The maximum Gasteiger partial charge on any atom is 0.306 e. The fourth-order valence-electron chi connectivity index (χ4n) is 7.88. The molecule has 0 heterocycles. The van der Waals surface area contributed by atoms with E-state index in [1.165, 1.54) is 12.2 Å². The van der Waals surface area contributed by atoms with Crippen molar-refractivity contribution in [1.82, 2.24) is 0 Å². The van der Waals surface area contributed by atoms with E-state index in [0.717, 1.165) is 0 Å². The highest BCUT2D eigenvalue weighted by molar-refractivity contribution is 6.01. The lowest BCUT2D eigenvalue weighted by atomic mass is 9.44. The Morgan fingerprint density at radius 2 is 1.89 bits per heavy atom. The van der Waals surface area contributed by atoms with Crippen molar-refractivity contribution in [3.63, 3.8) is 0 Å². The molecule has 3 saturated carbocycles. The molecule has 194 valence electrons. The number of rotatable bonds is 4. The van der Waals surface area contributed by atoms with Crippen LogP contribution in [0.5, 0.6) is 0 Å². The molecule has 0 spiro atoms. The van der Waals surface area contributed by atoms with Crippen LogP contribution in [-0.2, 0) is 19.1 Å². The van der Waals surface area contributed by atoms with Crippen molar-refractivity contribution in [3.8, 4) is 0 Å². The Morgan fingerprint density at radius 3 is 2.51 bits per heavy atom. The number of hydrogen-bond acceptors (Lipinski definition) is 6. The summed E-state index contributed by atoms with van der Waals surface area (Å²) in [5.41, 5.74) is -5.68. The molecule has 3 fully saturated rings. The minimum atomic E-state index is -2.02. The summed E-state index contributed by atoms with van der Waals surface area (Å²) in [6.07, 6.45) is 4.43. The molecule has 0 aromatic rings. The van der Waals surface area contributed by atoms with Gasteiger partial charge >= 0.3 is 5.97 Å². The predicted octanol–water partition coefficient (Wildman–Crippen LogP) is 3.88. The minimum absolute atomic E-state index is 0.0994. The molecule has 4 rings (SSSR count). The molecule has 0 aromatic heterocycles. The molecule has 0 radical (unpaired) electrons. The van der Waals surface area contributed by atoms with Crippen LogP contribution in [0.2, 0.25) is 0 Å². The van der Waals surface area contributed by atoms with E-state index in [4.69, 9.17) is 4.74 Å². The van der Waals surface area contributed by atoms with Crippen molar-refractivity contribution in [2.45, 2.75) is 91.0 Å². The Bertz CT molecular complexity index is 1010.